The van der Waals surface area contributed by atoms with Crippen molar-refractivity contribution in [2.24, 2.45) is 5.73 Å². The largest absolute Gasteiger partial charge is 0.329 e. The highest BCUT2D eigenvalue weighted by Crippen LogP contribution is 2.29. The standard InChI is InChI=1S/C14H30N2S/c1-4-5-6-7-9-14(2,12-15)16(3)13-8-10-17-11-13/h13H,4-12,15H2,1-3H3. The van der Waals surface area contributed by atoms with Crippen LogP contribution in [0, 0.1) is 0 Å². The van der Waals surface area contributed by atoms with Crippen molar-refractivity contribution in [1.29, 1.82) is 0 Å². The molecule has 1 heterocycles. The number of hydrogen-bond acceptors (Lipinski definition) is 3. The molecule has 3 heteroatoms. The summed E-state index contributed by atoms with van der Waals surface area (Å²) in [5.41, 5.74) is 6.25. The molecular formula is C14H30N2S. The van der Waals surface area contributed by atoms with E-state index < -0.39 is 0 Å². The summed E-state index contributed by atoms with van der Waals surface area (Å²) in [5.74, 6) is 2.62. The minimum Gasteiger partial charge on any atom is -0.329 e. The second-order valence-electron chi connectivity index (χ2n) is 5.64. The van der Waals surface area contributed by atoms with Gasteiger partial charge in [-0.2, -0.15) is 11.8 Å². The molecule has 0 bridgehead atoms. The Morgan fingerprint density at radius 2 is 2.12 bits per heavy atom. The molecule has 1 saturated heterocycles. The summed E-state index contributed by atoms with van der Waals surface area (Å²) < 4.78 is 0. The van der Waals surface area contributed by atoms with Gasteiger partial charge in [0.2, 0.25) is 0 Å². The third-order valence-electron chi connectivity index (χ3n) is 4.31. The van der Waals surface area contributed by atoms with Crippen LogP contribution in [0.15, 0.2) is 0 Å². The van der Waals surface area contributed by atoms with Gasteiger partial charge >= 0.3 is 0 Å². The average Bonchev–Trinajstić information content (AvgIpc) is 2.87. The van der Waals surface area contributed by atoms with Crippen LogP contribution in [0.1, 0.15) is 52.4 Å². The van der Waals surface area contributed by atoms with E-state index in [9.17, 15) is 0 Å². The molecule has 0 radical (unpaired) electrons. The van der Waals surface area contributed by atoms with Crippen LogP contribution in [0.3, 0.4) is 0 Å². The van der Waals surface area contributed by atoms with Crippen LogP contribution in [-0.4, -0.2) is 41.6 Å². The van der Waals surface area contributed by atoms with E-state index >= 15 is 0 Å². The van der Waals surface area contributed by atoms with Gasteiger partial charge in [-0.25, -0.2) is 0 Å². The Balaban J connectivity index is 2.41. The minimum absolute atomic E-state index is 0.212. The fourth-order valence-corrected chi connectivity index (χ4v) is 3.89. The quantitative estimate of drug-likeness (QED) is 0.678. The van der Waals surface area contributed by atoms with E-state index in [1.807, 2.05) is 0 Å². The minimum atomic E-state index is 0.212. The van der Waals surface area contributed by atoms with Crippen LogP contribution in [-0.2, 0) is 0 Å². The van der Waals surface area contributed by atoms with Gasteiger partial charge in [-0.3, -0.25) is 4.90 Å². The topological polar surface area (TPSA) is 29.3 Å². The first-order chi connectivity index (χ1) is 8.14. The highest BCUT2D eigenvalue weighted by Gasteiger charge is 2.33. The molecular weight excluding hydrogens is 228 g/mol. The molecule has 102 valence electrons. The third kappa shape index (κ3) is 4.46. The molecule has 2 nitrogen and oxygen atoms in total. The Morgan fingerprint density at radius 3 is 2.65 bits per heavy atom. The monoisotopic (exact) mass is 258 g/mol. The van der Waals surface area contributed by atoms with Gasteiger partial charge in [0.15, 0.2) is 0 Å². The fraction of sp³-hybridized carbons (Fsp3) is 1.00. The number of likely N-dealkylation sites (N-methyl/N-ethyl adjacent to an activating group) is 1. The van der Waals surface area contributed by atoms with E-state index in [1.165, 1.54) is 50.0 Å². The number of unbranched alkanes of at least 4 members (excludes halogenated alkanes) is 3. The Hall–Kier alpha value is 0.270. The predicted molar refractivity (Wildman–Crippen MR) is 79.7 cm³/mol. The fourth-order valence-electron chi connectivity index (χ4n) is 2.62. The molecule has 0 aromatic heterocycles. The van der Waals surface area contributed by atoms with Crippen molar-refractivity contribution in [3.8, 4) is 0 Å². The lowest BCUT2D eigenvalue weighted by atomic mass is 9.91. The summed E-state index contributed by atoms with van der Waals surface area (Å²) in [5, 5.41) is 0. The number of nitrogens with zero attached hydrogens (tertiary/aromatic N) is 1. The maximum atomic E-state index is 6.04. The lowest BCUT2D eigenvalue weighted by Gasteiger charge is -2.42. The number of hydrogen-bond donors (Lipinski definition) is 1. The van der Waals surface area contributed by atoms with Gasteiger partial charge in [-0.15, -0.1) is 0 Å². The van der Waals surface area contributed by atoms with Gasteiger partial charge in [0.1, 0.15) is 0 Å². The number of rotatable bonds is 8. The lowest BCUT2D eigenvalue weighted by molar-refractivity contribution is 0.0923. The molecule has 1 aliphatic heterocycles. The van der Waals surface area contributed by atoms with Crippen molar-refractivity contribution in [2.45, 2.75) is 64.0 Å². The molecule has 0 spiro atoms. The molecule has 0 saturated carbocycles. The summed E-state index contributed by atoms with van der Waals surface area (Å²) in [6, 6.07) is 0.750. The van der Waals surface area contributed by atoms with Crippen molar-refractivity contribution in [2.75, 3.05) is 25.1 Å². The Bertz CT molecular complexity index is 204. The summed E-state index contributed by atoms with van der Waals surface area (Å²) in [7, 11) is 2.28. The van der Waals surface area contributed by atoms with Crippen LogP contribution < -0.4 is 5.73 Å². The van der Waals surface area contributed by atoms with E-state index in [0.717, 1.165) is 12.6 Å². The summed E-state index contributed by atoms with van der Waals surface area (Å²) >= 11 is 2.09. The zero-order valence-electron chi connectivity index (χ0n) is 11.9. The maximum absolute atomic E-state index is 6.04. The van der Waals surface area contributed by atoms with Gasteiger partial charge in [0.05, 0.1) is 0 Å². The van der Waals surface area contributed by atoms with E-state index in [0.29, 0.717) is 0 Å². The molecule has 2 atom stereocenters. The molecule has 0 aromatic rings. The van der Waals surface area contributed by atoms with Crippen LogP contribution in [0.5, 0.6) is 0 Å². The van der Waals surface area contributed by atoms with E-state index in [-0.39, 0.29) is 5.54 Å². The molecule has 17 heavy (non-hydrogen) atoms. The van der Waals surface area contributed by atoms with Crippen molar-refractivity contribution in [1.82, 2.24) is 4.90 Å². The van der Waals surface area contributed by atoms with Crippen molar-refractivity contribution < 1.29 is 0 Å². The van der Waals surface area contributed by atoms with Crippen molar-refractivity contribution >= 4 is 11.8 Å². The molecule has 0 aromatic carbocycles. The first kappa shape index (κ1) is 15.3. The molecule has 2 unspecified atom stereocenters. The first-order valence-electron chi connectivity index (χ1n) is 7.15. The van der Waals surface area contributed by atoms with Gasteiger partial charge in [-0.1, -0.05) is 32.6 Å². The van der Waals surface area contributed by atoms with Gasteiger partial charge in [0, 0.05) is 23.9 Å². The average molecular weight is 258 g/mol. The Kier molecular flexibility index (Phi) is 6.90. The Labute approximate surface area is 112 Å². The second-order valence-corrected chi connectivity index (χ2v) is 6.79. The van der Waals surface area contributed by atoms with Crippen LogP contribution in [0.4, 0.5) is 0 Å². The lowest BCUT2D eigenvalue weighted by Crippen LogP contribution is -2.54. The van der Waals surface area contributed by atoms with E-state index in [2.05, 4.69) is 37.6 Å². The highest BCUT2D eigenvalue weighted by molar-refractivity contribution is 7.99. The normalized spacial score (nSPS) is 24.2. The number of nitrogens with two attached hydrogens (primary N) is 1. The van der Waals surface area contributed by atoms with E-state index in [4.69, 9.17) is 5.73 Å². The Morgan fingerprint density at radius 1 is 1.35 bits per heavy atom. The highest BCUT2D eigenvalue weighted by atomic mass is 32.2. The van der Waals surface area contributed by atoms with Crippen LogP contribution >= 0.6 is 11.8 Å². The molecule has 1 aliphatic rings. The second kappa shape index (κ2) is 7.65. The van der Waals surface area contributed by atoms with Crippen molar-refractivity contribution in [3.63, 3.8) is 0 Å². The van der Waals surface area contributed by atoms with Crippen molar-refractivity contribution in [3.05, 3.63) is 0 Å². The molecule has 1 fully saturated rings. The predicted octanol–water partition coefficient (Wildman–Crippen LogP) is 3.11. The smallest absolute Gasteiger partial charge is 0.0303 e. The first-order valence-corrected chi connectivity index (χ1v) is 8.30. The summed E-state index contributed by atoms with van der Waals surface area (Å²) in [6.45, 7) is 5.41. The summed E-state index contributed by atoms with van der Waals surface area (Å²) in [4.78, 5) is 2.57. The molecule has 0 aliphatic carbocycles. The van der Waals surface area contributed by atoms with Gasteiger partial charge < -0.3 is 5.73 Å². The van der Waals surface area contributed by atoms with Gasteiger partial charge in [0.25, 0.3) is 0 Å². The maximum Gasteiger partial charge on any atom is 0.0303 e. The van der Waals surface area contributed by atoms with Crippen LogP contribution in [0.25, 0.3) is 0 Å². The zero-order chi connectivity index (χ0) is 12.7. The third-order valence-corrected chi connectivity index (χ3v) is 5.46. The molecule has 0 amide bonds. The van der Waals surface area contributed by atoms with Gasteiger partial charge in [-0.05, 0) is 32.6 Å². The van der Waals surface area contributed by atoms with E-state index in [1.54, 1.807) is 0 Å². The molecule has 1 rings (SSSR count). The number of thioether (sulfide) groups is 1. The molecule has 2 N–H and O–H groups in total. The zero-order valence-corrected chi connectivity index (χ0v) is 12.7. The summed E-state index contributed by atoms with van der Waals surface area (Å²) in [6.07, 6.45) is 7.95. The SMILES string of the molecule is CCCCCCC(C)(CN)N(C)C1CCSC1. The van der Waals surface area contributed by atoms with Crippen LogP contribution in [0.2, 0.25) is 0 Å².